The molecule has 4 aliphatic rings. The van der Waals surface area contributed by atoms with E-state index in [4.69, 9.17) is 5.73 Å². The molecule has 2 atom stereocenters. The maximum atomic E-state index is 12.9. The predicted molar refractivity (Wildman–Crippen MR) is 107 cm³/mol. The molecule has 1 aromatic carbocycles. The average Bonchev–Trinajstić information content (AvgIpc) is 3.26. The fourth-order valence-corrected chi connectivity index (χ4v) is 5.78. The van der Waals surface area contributed by atoms with Crippen LogP contribution >= 0.6 is 0 Å². The van der Waals surface area contributed by atoms with E-state index in [1.54, 1.807) is 4.90 Å². The molecule has 7 heteroatoms. The van der Waals surface area contributed by atoms with E-state index in [1.165, 1.54) is 25.7 Å². The van der Waals surface area contributed by atoms with Crippen molar-refractivity contribution in [3.05, 3.63) is 34.9 Å². The summed E-state index contributed by atoms with van der Waals surface area (Å²) in [6.45, 7) is 2.76. The monoisotopic (exact) mass is 396 g/mol. The molecule has 0 aromatic heterocycles. The van der Waals surface area contributed by atoms with Crippen LogP contribution in [0.1, 0.15) is 60.0 Å². The lowest BCUT2D eigenvalue weighted by Gasteiger charge is -2.32. The normalized spacial score (nSPS) is 29.6. The fourth-order valence-electron chi connectivity index (χ4n) is 5.78. The van der Waals surface area contributed by atoms with E-state index < -0.39 is 6.04 Å². The zero-order chi connectivity index (χ0) is 20.2. The number of fused-ring (bicyclic) bond motifs is 1. The van der Waals surface area contributed by atoms with Crippen LogP contribution in [-0.2, 0) is 22.7 Å². The fraction of sp³-hybridized carbons (Fsp3) is 0.591. The van der Waals surface area contributed by atoms with Crippen molar-refractivity contribution in [2.75, 3.05) is 13.1 Å². The van der Waals surface area contributed by atoms with Crippen molar-refractivity contribution in [2.24, 2.45) is 16.6 Å². The van der Waals surface area contributed by atoms with Gasteiger partial charge in [0.2, 0.25) is 11.8 Å². The second-order valence-electron chi connectivity index (χ2n) is 9.24. The van der Waals surface area contributed by atoms with Gasteiger partial charge in [0.1, 0.15) is 6.04 Å². The second kappa shape index (κ2) is 6.64. The highest BCUT2D eigenvalue weighted by molar-refractivity contribution is 6.05. The molecule has 2 heterocycles. The van der Waals surface area contributed by atoms with E-state index in [2.05, 4.69) is 10.6 Å². The smallest absolute Gasteiger partial charge is 0.255 e. The molecule has 29 heavy (non-hydrogen) atoms. The van der Waals surface area contributed by atoms with Gasteiger partial charge in [-0.3, -0.25) is 19.7 Å². The number of piperidine rings is 1. The van der Waals surface area contributed by atoms with Crippen LogP contribution in [0.15, 0.2) is 18.2 Å². The minimum absolute atomic E-state index is 0.120. The molecule has 0 radical (unpaired) electrons. The Morgan fingerprint density at radius 1 is 1.24 bits per heavy atom. The van der Waals surface area contributed by atoms with Crippen LogP contribution in [-0.4, -0.2) is 41.8 Å². The third-order valence-electron chi connectivity index (χ3n) is 7.84. The molecule has 0 bridgehead atoms. The third kappa shape index (κ3) is 2.82. The molecule has 154 valence electrons. The van der Waals surface area contributed by atoms with Gasteiger partial charge in [0.05, 0.1) is 0 Å². The number of nitrogens with two attached hydrogens (primary N) is 1. The van der Waals surface area contributed by atoms with Crippen molar-refractivity contribution in [2.45, 2.75) is 57.7 Å². The van der Waals surface area contributed by atoms with Crippen LogP contribution in [0.3, 0.4) is 0 Å². The third-order valence-corrected chi connectivity index (χ3v) is 7.84. The van der Waals surface area contributed by atoms with Gasteiger partial charge in [-0.15, -0.1) is 0 Å². The average molecular weight is 396 g/mol. The summed E-state index contributed by atoms with van der Waals surface area (Å²) < 4.78 is 0. The Morgan fingerprint density at radius 3 is 2.72 bits per heavy atom. The first-order valence-electron chi connectivity index (χ1n) is 10.6. The Labute approximate surface area is 170 Å². The minimum Gasteiger partial charge on any atom is -0.330 e. The van der Waals surface area contributed by atoms with Crippen LogP contribution in [0, 0.1) is 10.8 Å². The van der Waals surface area contributed by atoms with Crippen LogP contribution in [0.5, 0.6) is 0 Å². The van der Waals surface area contributed by atoms with Gasteiger partial charge in [-0.1, -0.05) is 18.6 Å². The topological polar surface area (TPSA) is 105 Å². The van der Waals surface area contributed by atoms with Crippen LogP contribution in [0.25, 0.3) is 0 Å². The highest BCUT2D eigenvalue weighted by Gasteiger charge is 2.67. The van der Waals surface area contributed by atoms with Crippen LogP contribution in [0.4, 0.5) is 0 Å². The lowest BCUT2D eigenvalue weighted by molar-refractivity contribution is -0.136. The SMILES string of the molecule is NCC1(CNCc2cccc3c2CN(C2CCC(=O)NC2=O)C3=O)CC12CCC2. The van der Waals surface area contributed by atoms with E-state index in [0.29, 0.717) is 30.5 Å². The van der Waals surface area contributed by atoms with E-state index in [0.717, 1.165) is 24.2 Å². The van der Waals surface area contributed by atoms with Crippen molar-refractivity contribution >= 4 is 17.7 Å². The second-order valence-corrected chi connectivity index (χ2v) is 9.24. The molecule has 2 unspecified atom stereocenters. The number of nitrogens with one attached hydrogen (secondary N) is 2. The molecule has 1 spiro atoms. The van der Waals surface area contributed by atoms with E-state index in [-0.39, 0.29) is 29.6 Å². The molecular formula is C22H28N4O3. The minimum atomic E-state index is -0.571. The summed E-state index contributed by atoms with van der Waals surface area (Å²) >= 11 is 0. The summed E-state index contributed by atoms with van der Waals surface area (Å²) in [5.74, 6) is -0.754. The number of imide groups is 1. The van der Waals surface area contributed by atoms with Crippen LogP contribution < -0.4 is 16.4 Å². The Kier molecular flexibility index (Phi) is 4.29. The number of benzene rings is 1. The Hall–Kier alpha value is -2.25. The molecule has 1 aromatic rings. The Bertz CT molecular complexity index is 894. The van der Waals surface area contributed by atoms with Crippen molar-refractivity contribution in [1.82, 2.24) is 15.5 Å². The molecule has 4 N–H and O–H groups in total. The molecule has 2 saturated carbocycles. The summed E-state index contributed by atoms with van der Waals surface area (Å²) in [5, 5.41) is 5.95. The number of amides is 3. The van der Waals surface area contributed by atoms with E-state index in [9.17, 15) is 14.4 Å². The summed E-state index contributed by atoms with van der Waals surface area (Å²) in [5.41, 5.74) is 9.61. The zero-order valence-corrected chi connectivity index (χ0v) is 16.6. The predicted octanol–water partition coefficient (Wildman–Crippen LogP) is 1.06. The summed E-state index contributed by atoms with van der Waals surface area (Å²) in [7, 11) is 0. The maximum absolute atomic E-state index is 12.9. The first-order chi connectivity index (χ1) is 14.0. The van der Waals surface area contributed by atoms with Gasteiger partial charge in [0, 0.05) is 37.0 Å². The number of carbonyl (C=O) groups excluding carboxylic acids is 3. The first kappa shape index (κ1) is 18.8. The van der Waals surface area contributed by atoms with Gasteiger partial charge < -0.3 is 16.0 Å². The summed E-state index contributed by atoms with van der Waals surface area (Å²) in [4.78, 5) is 38.2. The lowest BCUT2D eigenvalue weighted by atomic mass is 9.75. The van der Waals surface area contributed by atoms with Gasteiger partial charge in [0.15, 0.2) is 0 Å². The van der Waals surface area contributed by atoms with E-state index in [1.807, 2.05) is 18.2 Å². The number of rotatable bonds is 6. The Balaban J connectivity index is 1.27. The van der Waals surface area contributed by atoms with E-state index >= 15 is 0 Å². The standard InChI is InChI=1S/C22H28N4O3/c23-12-22(11-21(22)7-2-8-21)13-24-9-14-3-1-4-15-16(14)10-26(20(15)29)17-5-6-18(27)25-19(17)28/h1,3-4,17,24H,2,5-13,23H2,(H,25,27,28). The van der Waals surface area contributed by atoms with Gasteiger partial charge in [-0.25, -0.2) is 0 Å². The van der Waals surface area contributed by atoms with Crippen molar-refractivity contribution < 1.29 is 14.4 Å². The van der Waals surface area contributed by atoms with Gasteiger partial charge >= 0.3 is 0 Å². The highest BCUT2D eigenvalue weighted by atomic mass is 16.2. The molecule has 5 rings (SSSR count). The largest absolute Gasteiger partial charge is 0.330 e. The number of hydrogen-bond donors (Lipinski definition) is 3. The molecule has 3 fully saturated rings. The van der Waals surface area contributed by atoms with Gasteiger partial charge in [-0.05, 0) is 54.8 Å². The van der Waals surface area contributed by atoms with Crippen molar-refractivity contribution in [3.8, 4) is 0 Å². The van der Waals surface area contributed by atoms with Gasteiger partial charge in [0.25, 0.3) is 5.91 Å². The summed E-state index contributed by atoms with van der Waals surface area (Å²) in [6, 6.07) is 5.22. The molecule has 3 amide bonds. The Morgan fingerprint density at radius 2 is 2.07 bits per heavy atom. The molecule has 7 nitrogen and oxygen atoms in total. The molecular weight excluding hydrogens is 368 g/mol. The van der Waals surface area contributed by atoms with Crippen LogP contribution in [0.2, 0.25) is 0 Å². The first-order valence-corrected chi connectivity index (χ1v) is 10.6. The quantitative estimate of drug-likeness (QED) is 0.624. The maximum Gasteiger partial charge on any atom is 0.255 e. The summed E-state index contributed by atoms with van der Waals surface area (Å²) in [6.07, 6.45) is 5.83. The molecule has 2 aliphatic heterocycles. The van der Waals surface area contributed by atoms with Crippen molar-refractivity contribution in [3.63, 3.8) is 0 Å². The molecule has 2 aliphatic carbocycles. The number of nitrogens with zero attached hydrogens (tertiary/aromatic N) is 1. The lowest BCUT2D eigenvalue weighted by Crippen LogP contribution is -2.52. The number of carbonyl (C=O) groups is 3. The zero-order valence-electron chi connectivity index (χ0n) is 16.6. The van der Waals surface area contributed by atoms with Crippen molar-refractivity contribution in [1.29, 1.82) is 0 Å². The molecule has 1 saturated heterocycles. The highest BCUT2D eigenvalue weighted by Crippen LogP contribution is 2.73. The van der Waals surface area contributed by atoms with Gasteiger partial charge in [-0.2, -0.15) is 0 Å². The number of hydrogen-bond acceptors (Lipinski definition) is 5.